The van der Waals surface area contributed by atoms with Crippen LogP contribution in [-0.4, -0.2) is 72.3 Å². The molecule has 2 aliphatic heterocycles. The molecule has 0 aliphatic carbocycles. The van der Waals surface area contributed by atoms with E-state index in [0.29, 0.717) is 12.3 Å². The fourth-order valence-electron chi connectivity index (χ4n) is 4.75. The molecular weight excluding hydrogens is 408 g/mol. The smallest absolute Gasteiger partial charge is 0.263 e. The third-order valence-electron chi connectivity index (χ3n) is 6.52. The fraction of sp³-hybridized carbons (Fsp3) is 0.478. The number of aryl methyl sites for hydroxylation is 1. The molecule has 2 saturated heterocycles. The van der Waals surface area contributed by atoms with Crippen molar-refractivity contribution >= 4 is 28.5 Å². The van der Waals surface area contributed by atoms with Crippen molar-refractivity contribution in [3.63, 3.8) is 0 Å². The minimum Gasteiger partial charge on any atom is -0.497 e. The van der Waals surface area contributed by atoms with E-state index < -0.39 is 0 Å². The maximum atomic E-state index is 13.3. The summed E-state index contributed by atoms with van der Waals surface area (Å²) in [7, 11) is 1.67. The fourth-order valence-corrected chi connectivity index (χ4v) is 4.75. The normalized spacial score (nSPS) is 19.4. The number of nitrogens with zero attached hydrogens (tertiary/aromatic N) is 6. The van der Waals surface area contributed by atoms with Crippen molar-refractivity contribution in [2.24, 2.45) is 5.92 Å². The van der Waals surface area contributed by atoms with Gasteiger partial charge in [-0.15, -0.1) is 0 Å². The van der Waals surface area contributed by atoms with Gasteiger partial charge in [-0.1, -0.05) is 5.16 Å². The zero-order valence-corrected chi connectivity index (χ0v) is 18.5. The number of fused-ring (bicyclic) bond motifs is 1. The number of ether oxygens (including phenoxy) is 1. The summed E-state index contributed by atoms with van der Waals surface area (Å²) in [6.45, 7) is 6.57. The molecule has 4 heterocycles. The second kappa shape index (κ2) is 8.64. The Kier molecular flexibility index (Phi) is 5.55. The summed E-state index contributed by atoms with van der Waals surface area (Å²) >= 11 is 0. The van der Waals surface area contributed by atoms with E-state index in [1.165, 1.54) is 12.0 Å². The second-order valence-electron chi connectivity index (χ2n) is 8.44. The summed E-state index contributed by atoms with van der Waals surface area (Å²) in [6.07, 6.45) is 3.37. The molecule has 9 heteroatoms. The zero-order chi connectivity index (χ0) is 22.1. The summed E-state index contributed by atoms with van der Waals surface area (Å²) in [5, 5.41) is 4.87. The topological polar surface area (TPSA) is 87.8 Å². The van der Waals surface area contributed by atoms with Crippen LogP contribution in [0.1, 0.15) is 18.5 Å². The average Bonchev–Trinajstić information content (AvgIpc) is 3.25. The maximum absolute atomic E-state index is 13.3. The van der Waals surface area contributed by atoms with E-state index in [2.05, 4.69) is 37.1 Å². The molecular formula is C23H28N6O3. The van der Waals surface area contributed by atoms with Gasteiger partial charge in [-0.05, 0) is 44.0 Å². The van der Waals surface area contributed by atoms with E-state index in [1.807, 2.05) is 24.0 Å². The van der Waals surface area contributed by atoms with Gasteiger partial charge in [0, 0.05) is 45.0 Å². The molecule has 0 saturated carbocycles. The van der Waals surface area contributed by atoms with Crippen LogP contribution in [0.5, 0.6) is 5.75 Å². The van der Waals surface area contributed by atoms with E-state index in [4.69, 9.17) is 9.26 Å². The quantitative estimate of drug-likeness (QED) is 0.617. The van der Waals surface area contributed by atoms with E-state index >= 15 is 0 Å². The van der Waals surface area contributed by atoms with Crippen molar-refractivity contribution in [3.8, 4) is 5.75 Å². The summed E-state index contributed by atoms with van der Waals surface area (Å²) < 4.78 is 10.5. The van der Waals surface area contributed by atoms with Crippen LogP contribution in [-0.2, 0) is 4.79 Å². The minimum atomic E-state index is -0.0264. The standard InChI is InChI=1S/C23H28N6O3/c1-16-20-21(24-15-25-22(20)32-26-16)29-9-3-4-17(14-29)23(30)28-12-10-27(11-13-28)18-5-7-19(31-2)8-6-18/h5-8,15,17H,3-4,9-14H2,1-2H3. The highest BCUT2D eigenvalue weighted by molar-refractivity contribution is 5.88. The molecule has 2 aromatic heterocycles. The third-order valence-corrected chi connectivity index (χ3v) is 6.52. The first kappa shape index (κ1) is 20.5. The lowest BCUT2D eigenvalue weighted by atomic mass is 9.96. The largest absolute Gasteiger partial charge is 0.497 e. The summed E-state index contributed by atoms with van der Waals surface area (Å²) in [6, 6.07) is 8.10. The molecule has 0 radical (unpaired) electrons. The molecule has 9 nitrogen and oxygen atoms in total. The number of benzene rings is 1. The average molecular weight is 437 g/mol. The Balaban J connectivity index is 1.23. The zero-order valence-electron chi connectivity index (χ0n) is 18.5. The molecule has 1 amide bonds. The first-order valence-electron chi connectivity index (χ1n) is 11.1. The molecule has 2 aliphatic rings. The highest BCUT2D eigenvalue weighted by atomic mass is 16.5. The first-order valence-corrected chi connectivity index (χ1v) is 11.1. The highest BCUT2D eigenvalue weighted by Crippen LogP contribution is 2.30. The number of aromatic nitrogens is 3. The number of carbonyl (C=O) groups excluding carboxylic acids is 1. The third kappa shape index (κ3) is 3.83. The maximum Gasteiger partial charge on any atom is 0.263 e. The number of rotatable bonds is 4. The second-order valence-corrected chi connectivity index (χ2v) is 8.44. The number of anilines is 2. The number of methoxy groups -OCH3 is 1. The molecule has 168 valence electrons. The molecule has 1 unspecified atom stereocenters. The molecule has 1 atom stereocenters. The van der Waals surface area contributed by atoms with Gasteiger partial charge in [-0.25, -0.2) is 4.98 Å². The van der Waals surface area contributed by atoms with Crippen LogP contribution in [0.3, 0.4) is 0 Å². The van der Waals surface area contributed by atoms with Crippen molar-refractivity contribution in [2.45, 2.75) is 19.8 Å². The van der Waals surface area contributed by atoms with Crippen LogP contribution in [0.15, 0.2) is 35.1 Å². The predicted molar refractivity (Wildman–Crippen MR) is 121 cm³/mol. The predicted octanol–water partition coefficient (Wildman–Crippen LogP) is 2.50. The number of carbonyl (C=O) groups is 1. The van der Waals surface area contributed by atoms with Gasteiger partial charge in [-0.3, -0.25) is 4.79 Å². The number of hydrogen-bond acceptors (Lipinski definition) is 8. The Morgan fingerprint density at radius 3 is 2.59 bits per heavy atom. The Labute approximate surface area is 186 Å². The Morgan fingerprint density at radius 1 is 1.06 bits per heavy atom. The summed E-state index contributed by atoms with van der Waals surface area (Å²) in [5.41, 5.74) is 2.44. The summed E-state index contributed by atoms with van der Waals surface area (Å²) in [4.78, 5) is 28.5. The van der Waals surface area contributed by atoms with E-state index in [1.54, 1.807) is 7.11 Å². The van der Waals surface area contributed by atoms with Gasteiger partial charge in [0.05, 0.1) is 18.7 Å². The summed E-state index contributed by atoms with van der Waals surface area (Å²) in [5.74, 6) is 1.89. The van der Waals surface area contributed by atoms with Gasteiger partial charge in [0.15, 0.2) is 0 Å². The lowest BCUT2D eigenvalue weighted by Crippen LogP contribution is -2.52. The van der Waals surface area contributed by atoms with Crippen molar-refractivity contribution in [1.29, 1.82) is 0 Å². The number of amides is 1. The van der Waals surface area contributed by atoms with Gasteiger partial charge in [0.2, 0.25) is 5.91 Å². The van der Waals surface area contributed by atoms with E-state index in [0.717, 1.165) is 68.2 Å². The monoisotopic (exact) mass is 436 g/mol. The SMILES string of the molecule is COc1ccc(N2CCN(C(=O)C3CCCN(c4ncnc5onc(C)c45)C3)CC2)cc1. The van der Waals surface area contributed by atoms with E-state index in [9.17, 15) is 4.79 Å². The molecule has 0 spiro atoms. The Bertz CT molecular complexity index is 1090. The Morgan fingerprint density at radius 2 is 1.84 bits per heavy atom. The van der Waals surface area contributed by atoms with Gasteiger partial charge in [0.25, 0.3) is 5.71 Å². The van der Waals surface area contributed by atoms with Crippen molar-refractivity contribution in [2.75, 3.05) is 56.2 Å². The highest BCUT2D eigenvalue weighted by Gasteiger charge is 2.32. The molecule has 2 fully saturated rings. The van der Waals surface area contributed by atoms with Crippen molar-refractivity contribution < 1.29 is 14.1 Å². The van der Waals surface area contributed by atoms with E-state index in [-0.39, 0.29) is 11.8 Å². The minimum absolute atomic E-state index is 0.0264. The Hall–Kier alpha value is -3.36. The molecule has 5 rings (SSSR count). The van der Waals surface area contributed by atoms with Gasteiger partial charge < -0.3 is 24.0 Å². The molecule has 3 aromatic rings. The molecule has 32 heavy (non-hydrogen) atoms. The van der Waals surface area contributed by atoms with Crippen LogP contribution in [0.4, 0.5) is 11.5 Å². The van der Waals surface area contributed by atoms with Crippen LogP contribution >= 0.6 is 0 Å². The van der Waals surface area contributed by atoms with Crippen LogP contribution in [0.25, 0.3) is 11.1 Å². The lowest BCUT2D eigenvalue weighted by Gasteiger charge is -2.40. The molecule has 0 bridgehead atoms. The number of hydrogen-bond donors (Lipinski definition) is 0. The lowest BCUT2D eigenvalue weighted by molar-refractivity contribution is -0.136. The van der Waals surface area contributed by atoms with Gasteiger partial charge in [0.1, 0.15) is 23.3 Å². The van der Waals surface area contributed by atoms with Gasteiger partial charge >= 0.3 is 0 Å². The van der Waals surface area contributed by atoms with Crippen LogP contribution in [0, 0.1) is 12.8 Å². The van der Waals surface area contributed by atoms with Crippen LogP contribution < -0.4 is 14.5 Å². The van der Waals surface area contributed by atoms with Gasteiger partial charge in [-0.2, -0.15) is 4.98 Å². The molecule has 0 N–H and O–H groups in total. The van der Waals surface area contributed by atoms with Crippen LogP contribution in [0.2, 0.25) is 0 Å². The van der Waals surface area contributed by atoms with Crippen molar-refractivity contribution in [3.05, 3.63) is 36.3 Å². The molecule has 1 aromatic carbocycles. The van der Waals surface area contributed by atoms with Crippen molar-refractivity contribution in [1.82, 2.24) is 20.0 Å². The number of piperazine rings is 1. The first-order chi connectivity index (χ1) is 15.6. The number of piperidine rings is 1.